The molecular weight excluding hydrogens is 582 g/mol. The third-order valence-corrected chi connectivity index (χ3v) is 5.90. The number of methoxy groups -OCH3 is 1. The first kappa shape index (κ1) is 21.4. The van der Waals surface area contributed by atoms with Crippen LogP contribution in [-0.4, -0.2) is 33.3 Å². The number of hydrogen-bond acceptors (Lipinski definition) is 5. The number of aryl methyl sites for hydroxylation is 1. The van der Waals surface area contributed by atoms with Gasteiger partial charge in [-0.2, -0.15) is 0 Å². The molecule has 0 heterocycles. The van der Waals surface area contributed by atoms with Crippen LogP contribution >= 0.6 is 45.2 Å². The molecule has 2 aromatic rings. The van der Waals surface area contributed by atoms with Crippen LogP contribution in [0.1, 0.15) is 12.0 Å². The lowest BCUT2D eigenvalue weighted by molar-refractivity contribution is -0.116. The Morgan fingerprint density at radius 1 is 1.04 bits per heavy atom. The summed E-state index contributed by atoms with van der Waals surface area (Å²) >= 11 is 4.39. The van der Waals surface area contributed by atoms with Gasteiger partial charge in [-0.3, -0.25) is 4.79 Å². The molecule has 0 aliphatic rings. The summed E-state index contributed by atoms with van der Waals surface area (Å²) in [7, 11) is -1.66. The lowest BCUT2D eigenvalue weighted by Gasteiger charge is -2.12. The Balaban J connectivity index is 2.08. The monoisotopic (exact) mass is 600 g/mol. The Kier molecular flexibility index (Phi) is 7.71. The van der Waals surface area contributed by atoms with Crippen LogP contribution in [0, 0.1) is 7.14 Å². The van der Waals surface area contributed by atoms with Gasteiger partial charge in [-0.05, 0) is 93.6 Å². The third kappa shape index (κ3) is 6.69. The number of carbonyl (C=O) groups is 1. The van der Waals surface area contributed by atoms with Gasteiger partial charge in [0.15, 0.2) is 15.6 Å². The molecule has 0 atom stereocenters. The first-order valence-electron chi connectivity index (χ1n) is 7.67. The molecule has 0 amide bonds. The molecule has 0 aromatic heterocycles. The second kappa shape index (κ2) is 9.36. The number of rotatable bonds is 8. The number of Topliss-reactive ketones (excluding diaryl/α,β-unsaturated/α-hetero) is 1. The first-order chi connectivity index (χ1) is 12.2. The summed E-state index contributed by atoms with van der Waals surface area (Å²) in [5, 5.41) is 0. The van der Waals surface area contributed by atoms with Crippen molar-refractivity contribution in [3.63, 3.8) is 0 Å². The number of sulfone groups is 1. The molecule has 140 valence electrons. The van der Waals surface area contributed by atoms with E-state index in [4.69, 9.17) is 9.47 Å². The van der Waals surface area contributed by atoms with Crippen molar-refractivity contribution in [2.45, 2.75) is 12.8 Å². The molecule has 0 saturated carbocycles. The maximum atomic E-state index is 11.7. The van der Waals surface area contributed by atoms with Crippen LogP contribution in [0.5, 0.6) is 17.2 Å². The fourth-order valence-corrected chi connectivity index (χ4v) is 5.11. The van der Waals surface area contributed by atoms with Crippen LogP contribution in [0.25, 0.3) is 0 Å². The Hall–Kier alpha value is -0.880. The van der Waals surface area contributed by atoms with Gasteiger partial charge in [0, 0.05) is 12.7 Å². The highest BCUT2D eigenvalue weighted by atomic mass is 127. The van der Waals surface area contributed by atoms with Gasteiger partial charge in [0.2, 0.25) is 0 Å². The summed E-state index contributed by atoms with van der Waals surface area (Å²) in [6.45, 7) is 0. The summed E-state index contributed by atoms with van der Waals surface area (Å²) in [5.74, 6) is 1.55. The van der Waals surface area contributed by atoms with Crippen molar-refractivity contribution >= 4 is 60.8 Å². The molecule has 2 rings (SSSR count). The molecule has 5 nitrogen and oxygen atoms in total. The van der Waals surface area contributed by atoms with Gasteiger partial charge in [0.25, 0.3) is 0 Å². The van der Waals surface area contributed by atoms with E-state index in [9.17, 15) is 13.2 Å². The molecule has 0 aliphatic heterocycles. The molecule has 0 N–H and O–H groups in total. The van der Waals surface area contributed by atoms with Crippen molar-refractivity contribution in [2.75, 3.05) is 19.1 Å². The standard InChI is InChI=1S/C18H18I2O5S/c1-24-14-5-7-15(8-6-14)25-18-16(19)9-12(10-17(18)20)3-4-13(21)11-26(2,22)23/h5-10H,3-4,11H2,1-2H3. The molecule has 8 heteroatoms. The van der Waals surface area contributed by atoms with Crippen molar-refractivity contribution < 1.29 is 22.7 Å². The highest BCUT2D eigenvalue weighted by molar-refractivity contribution is 14.1. The van der Waals surface area contributed by atoms with E-state index in [0.29, 0.717) is 12.2 Å². The van der Waals surface area contributed by atoms with Crippen molar-refractivity contribution in [1.82, 2.24) is 0 Å². The van der Waals surface area contributed by atoms with E-state index in [1.807, 2.05) is 36.4 Å². The summed E-state index contributed by atoms with van der Waals surface area (Å²) in [6.07, 6.45) is 1.78. The fourth-order valence-electron chi connectivity index (χ4n) is 2.26. The highest BCUT2D eigenvalue weighted by Crippen LogP contribution is 2.33. The van der Waals surface area contributed by atoms with Crippen LogP contribution in [0.4, 0.5) is 0 Å². The summed E-state index contributed by atoms with van der Waals surface area (Å²) in [6, 6.07) is 11.2. The first-order valence-corrected chi connectivity index (χ1v) is 11.9. The molecular formula is C18H18I2O5S. The van der Waals surface area contributed by atoms with E-state index in [-0.39, 0.29) is 12.2 Å². The molecule has 0 radical (unpaired) electrons. The van der Waals surface area contributed by atoms with Crippen LogP contribution in [0.3, 0.4) is 0 Å². The molecule has 0 unspecified atom stereocenters. The van der Waals surface area contributed by atoms with E-state index in [0.717, 1.165) is 30.5 Å². The zero-order valence-electron chi connectivity index (χ0n) is 14.3. The Morgan fingerprint density at radius 3 is 2.08 bits per heavy atom. The van der Waals surface area contributed by atoms with E-state index in [2.05, 4.69) is 45.2 Å². The largest absolute Gasteiger partial charge is 0.497 e. The Bertz CT molecular complexity index is 869. The summed E-state index contributed by atoms with van der Waals surface area (Å²) in [4.78, 5) is 11.7. The molecule has 0 saturated heterocycles. The minimum absolute atomic E-state index is 0.206. The summed E-state index contributed by atoms with van der Waals surface area (Å²) in [5.41, 5.74) is 0.975. The quantitative estimate of drug-likeness (QED) is 0.425. The van der Waals surface area contributed by atoms with Crippen molar-refractivity contribution in [3.8, 4) is 17.2 Å². The lowest BCUT2D eigenvalue weighted by atomic mass is 10.1. The second-order valence-electron chi connectivity index (χ2n) is 5.77. The average Bonchev–Trinajstić information content (AvgIpc) is 2.55. The molecule has 26 heavy (non-hydrogen) atoms. The molecule has 0 spiro atoms. The molecule has 0 fully saturated rings. The maximum Gasteiger partial charge on any atom is 0.154 e. The van der Waals surface area contributed by atoms with Crippen LogP contribution in [-0.2, 0) is 21.1 Å². The number of benzene rings is 2. The molecule has 0 bridgehead atoms. The lowest BCUT2D eigenvalue weighted by Crippen LogP contribution is -2.14. The van der Waals surface area contributed by atoms with Gasteiger partial charge in [0.05, 0.1) is 14.3 Å². The topological polar surface area (TPSA) is 69.7 Å². The number of ketones is 1. The van der Waals surface area contributed by atoms with Crippen LogP contribution < -0.4 is 9.47 Å². The maximum absolute atomic E-state index is 11.7. The number of hydrogen-bond donors (Lipinski definition) is 0. The summed E-state index contributed by atoms with van der Waals surface area (Å²) < 4.78 is 35.3. The smallest absolute Gasteiger partial charge is 0.154 e. The molecule has 2 aromatic carbocycles. The van der Waals surface area contributed by atoms with Gasteiger partial charge >= 0.3 is 0 Å². The van der Waals surface area contributed by atoms with Crippen LogP contribution in [0.2, 0.25) is 0 Å². The van der Waals surface area contributed by atoms with Gasteiger partial charge in [-0.15, -0.1) is 0 Å². The SMILES string of the molecule is COc1ccc(Oc2c(I)cc(CCC(=O)CS(C)(=O)=O)cc2I)cc1. The second-order valence-corrected chi connectivity index (χ2v) is 10.2. The van der Waals surface area contributed by atoms with E-state index in [1.54, 1.807) is 7.11 Å². The van der Waals surface area contributed by atoms with Gasteiger partial charge in [0.1, 0.15) is 23.0 Å². The number of carbonyl (C=O) groups excluding carboxylic acids is 1. The predicted octanol–water partition coefficient (Wildman–Crippen LogP) is 4.24. The Labute approximate surface area is 180 Å². The zero-order valence-corrected chi connectivity index (χ0v) is 19.4. The van der Waals surface area contributed by atoms with Gasteiger partial charge < -0.3 is 9.47 Å². The van der Waals surface area contributed by atoms with Crippen molar-refractivity contribution in [2.24, 2.45) is 0 Å². The van der Waals surface area contributed by atoms with E-state index in [1.165, 1.54) is 0 Å². The van der Waals surface area contributed by atoms with E-state index >= 15 is 0 Å². The number of ether oxygens (including phenoxy) is 2. The third-order valence-electron chi connectivity index (χ3n) is 3.45. The predicted molar refractivity (Wildman–Crippen MR) is 118 cm³/mol. The number of halogens is 2. The minimum Gasteiger partial charge on any atom is -0.497 e. The zero-order chi connectivity index (χ0) is 19.3. The van der Waals surface area contributed by atoms with Gasteiger partial charge in [-0.1, -0.05) is 0 Å². The van der Waals surface area contributed by atoms with Gasteiger partial charge in [-0.25, -0.2) is 8.42 Å². The van der Waals surface area contributed by atoms with Crippen molar-refractivity contribution in [1.29, 1.82) is 0 Å². The molecule has 0 aliphatic carbocycles. The normalized spacial score (nSPS) is 11.2. The average molecular weight is 600 g/mol. The highest BCUT2D eigenvalue weighted by Gasteiger charge is 2.14. The fraction of sp³-hybridized carbons (Fsp3) is 0.278. The van der Waals surface area contributed by atoms with E-state index < -0.39 is 15.6 Å². The Morgan fingerprint density at radius 2 is 1.58 bits per heavy atom. The van der Waals surface area contributed by atoms with Crippen LogP contribution in [0.15, 0.2) is 36.4 Å². The van der Waals surface area contributed by atoms with Crippen molar-refractivity contribution in [3.05, 3.63) is 49.1 Å². The minimum atomic E-state index is -3.27.